The molecule has 2 aromatic carbocycles. The van der Waals surface area contributed by atoms with Gasteiger partial charge in [-0.2, -0.15) is 26.3 Å². The zero-order valence-electron chi connectivity index (χ0n) is 20.2. The summed E-state index contributed by atoms with van der Waals surface area (Å²) in [5, 5.41) is 2.48. The number of likely N-dealkylation sites (tertiary alicyclic amines) is 1. The van der Waals surface area contributed by atoms with Gasteiger partial charge in [0.2, 0.25) is 5.91 Å². The summed E-state index contributed by atoms with van der Waals surface area (Å²) in [6, 6.07) is 10.7. The lowest BCUT2D eigenvalue weighted by Gasteiger charge is -2.39. The van der Waals surface area contributed by atoms with Gasteiger partial charge >= 0.3 is 12.4 Å². The summed E-state index contributed by atoms with van der Waals surface area (Å²) in [5.41, 5.74) is -2.13. The maximum Gasteiger partial charge on any atom is 0.416 e. The molecule has 4 nitrogen and oxygen atoms in total. The van der Waals surface area contributed by atoms with Gasteiger partial charge in [0.25, 0.3) is 0 Å². The molecule has 1 amide bonds. The number of carbonyl (C=O) groups is 1. The maximum absolute atomic E-state index is 13.4. The molecular weight excluding hydrogens is 530 g/mol. The summed E-state index contributed by atoms with van der Waals surface area (Å²) in [6.07, 6.45) is -6.43. The zero-order chi connectivity index (χ0) is 27.5. The SMILES string of the molecule is C[C@@H](O[C@H]1CCN(C(=O)/C=C/c2nccs2)C[C@H]1c1ccccc1)c1cc(C(F)(F)F)cc(C(F)(F)F)c1. The van der Waals surface area contributed by atoms with E-state index in [1.54, 1.807) is 22.6 Å². The Bertz CT molecular complexity index is 1230. The first kappa shape index (κ1) is 27.8. The number of rotatable bonds is 6. The molecule has 1 aliphatic heterocycles. The van der Waals surface area contributed by atoms with E-state index in [4.69, 9.17) is 4.74 Å². The summed E-state index contributed by atoms with van der Waals surface area (Å²) in [6.45, 7) is 2.03. The van der Waals surface area contributed by atoms with Crippen LogP contribution in [0.1, 0.15) is 52.6 Å². The summed E-state index contributed by atoms with van der Waals surface area (Å²) in [4.78, 5) is 18.6. The van der Waals surface area contributed by atoms with Gasteiger partial charge in [-0.15, -0.1) is 11.3 Å². The Hall–Kier alpha value is -3.18. The van der Waals surface area contributed by atoms with Gasteiger partial charge in [0.1, 0.15) is 5.01 Å². The summed E-state index contributed by atoms with van der Waals surface area (Å²) in [5.74, 6) is -0.558. The van der Waals surface area contributed by atoms with Crippen molar-refractivity contribution in [1.82, 2.24) is 9.88 Å². The molecule has 11 heteroatoms. The molecule has 4 rings (SSSR count). The van der Waals surface area contributed by atoms with E-state index in [1.807, 2.05) is 30.3 Å². The quantitative estimate of drug-likeness (QED) is 0.236. The third-order valence-electron chi connectivity index (χ3n) is 6.37. The third-order valence-corrected chi connectivity index (χ3v) is 7.11. The van der Waals surface area contributed by atoms with Crippen LogP contribution < -0.4 is 0 Å². The van der Waals surface area contributed by atoms with Crippen LogP contribution in [-0.4, -0.2) is 35.0 Å². The Morgan fingerprint density at radius 1 is 1.08 bits per heavy atom. The Labute approximate surface area is 219 Å². The minimum absolute atomic E-state index is 0.103. The van der Waals surface area contributed by atoms with E-state index >= 15 is 0 Å². The number of hydrogen-bond acceptors (Lipinski definition) is 4. The number of aromatic nitrogens is 1. The van der Waals surface area contributed by atoms with Gasteiger partial charge in [-0.05, 0) is 48.7 Å². The molecule has 1 aliphatic rings. The number of benzene rings is 2. The average molecular weight is 555 g/mol. The highest BCUT2D eigenvalue weighted by Crippen LogP contribution is 2.39. The topological polar surface area (TPSA) is 42.4 Å². The van der Waals surface area contributed by atoms with Gasteiger partial charge < -0.3 is 9.64 Å². The molecule has 0 bridgehead atoms. The number of nitrogens with zero attached hydrogens (tertiary/aromatic N) is 2. The average Bonchev–Trinajstić information content (AvgIpc) is 3.40. The molecule has 0 spiro atoms. The third kappa shape index (κ3) is 6.82. The van der Waals surface area contributed by atoms with Gasteiger partial charge in [-0.3, -0.25) is 4.79 Å². The van der Waals surface area contributed by atoms with E-state index < -0.39 is 35.7 Å². The second-order valence-electron chi connectivity index (χ2n) is 8.95. The number of amides is 1. The van der Waals surface area contributed by atoms with Crippen LogP contribution in [-0.2, 0) is 21.9 Å². The zero-order valence-corrected chi connectivity index (χ0v) is 21.0. The molecule has 38 heavy (non-hydrogen) atoms. The fourth-order valence-corrected chi connectivity index (χ4v) is 4.96. The summed E-state index contributed by atoms with van der Waals surface area (Å²) < 4.78 is 86.3. The normalized spacial score (nSPS) is 19.6. The molecule has 3 aromatic rings. The molecule has 1 fully saturated rings. The van der Waals surface area contributed by atoms with E-state index in [9.17, 15) is 31.1 Å². The molecule has 1 saturated heterocycles. The maximum atomic E-state index is 13.4. The predicted octanol–water partition coefficient (Wildman–Crippen LogP) is 7.36. The first-order chi connectivity index (χ1) is 17.9. The van der Waals surface area contributed by atoms with Crippen LogP contribution in [0.3, 0.4) is 0 Å². The van der Waals surface area contributed by atoms with Crippen LogP contribution in [0.4, 0.5) is 26.3 Å². The van der Waals surface area contributed by atoms with Crippen LogP contribution in [0.5, 0.6) is 0 Å². The van der Waals surface area contributed by atoms with Crippen molar-refractivity contribution in [3.05, 3.63) is 93.4 Å². The lowest BCUT2D eigenvalue weighted by molar-refractivity contribution is -0.143. The predicted molar refractivity (Wildman–Crippen MR) is 131 cm³/mol. The fourth-order valence-electron chi connectivity index (χ4n) is 4.43. The van der Waals surface area contributed by atoms with E-state index in [2.05, 4.69) is 4.98 Å². The first-order valence-electron chi connectivity index (χ1n) is 11.8. The van der Waals surface area contributed by atoms with Gasteiger partial charge in [0.15, 0.2) is 0 Å². The second-order valence-corrected chi connectivity index (χ2v) is 9.88. The van der Waals surface area contributed by atoms with Crippen molar-refractivity contribution in [2.24, 2.45) is 0 Å². The molecule has 202 valence electrons. The van der Waals surface area contributed by atoms with Crippen LogP contribution in [0.15, 0.2) is 66.2 Å². The first-order valence-corrected chi connectivity index (χ1v) is 12.7. The Morgan fingerprint density at radius 2 is 1.74 bits per heavy atom. The molecule has 0 unspecified atom stereocenters. The van der Waals surface area contributed by atoms with Gasteiger partial charge in [0, 0.05) is 36.7 Å². The van der Waals surface area contributed by atoms with Gasteiger partial charge in [-0.25, -0.2) is 4.98 Å². The number of ether oxygens (including phenoxy) is 1. The minimum Gasteiger partial charge on any atom is -0.370 e. The number of hydrogen-bond donors (Lipinski definition) is 0. The summed E-state index contributed by atoms with van der Waals surface area (Å²) >= 11 is 1.39. The monoisotopic (exact) mass is 554 g/mol. The number of halogens is 6. The lowest BCUT2D eigenvalue weighted by Crippen LogP contribution is -2.45. The van der Waals surface area contributed by atoms with Crippen molar-refractivity contribution in [1.29, 1.82) is 0 Å². The highest BCUT2D eigenvalue weighted by Gasteiger charge is 2.38. The van der Waals surface area contributed by atoms with Crippen molar-refractivity contribution in [2.45, 2.75) is 43.8 Å². The molecule has 1 aromatic heterocycles. The van der Waals surface area contributed by atoms with E-state index in [1.165, 1.54) is 24.3 Å². The molecule has 3 atom stereocenters. The lowest BCUT2D eigenvalue weighted by atomic mass is 9.87. The van der Waals surface area contributed by atoms with Crippen molar-refractivity contribution in [3.8, 4) is 0 Å². The molecular formula is C27H24F6N2O2S. The number of carbonyl (C=O) groups excluding carboxylic acids is 1. The van der Waals surface area contributed by atoms with Crippen LogP contribution in [0.25, 0.3) is 6.08 Å². The Kier molecular flexibility index (Phi) is 8.27. The van der Waals surface area contributed by atoms with Gasteiger partial charge in [-0.1, -0.05) is 30.3 Å². The Morgan fingerprint density at radius 3 is 2.32 bits per heavy atom. The van der Waals surface area contributed by atoms with Gasteiger partial charge in [0.05, 0.1) is 23.3 Å². The number of alkyl halides is 6. The second kappa shape index (κ2) is 11.3. The van der Waals surface area contributed by atoms with Crippen LogP contribution in [0, 0.1) is 0 Å². The van der Waals surface area contributed by atoms with Crippen LogP contribution >= 0.6 is 11.3 Å². The van der Waals surface area contributed by atoms with Crippen molar-refractivity contribution in [3.63, 3.8) is 0 Å². The van der Waals surface area contributed by atoms with E-state index in [0.717, 1.165) is 5.56 Å². The molecule has 0 aliphatic carbocycles. The fraction of sp³-hybridized carbons (Fsp3) is 0.333. The largest absolute Gasteiger partial charge is 0.416 e. The standard InChI is InChI=1S/C27H24F6N2O2S/c1-17(19-13-20(26(28,29)30)15-21(14-19)27(31,32)33)37-23-9-11-35(16-22(23)18-5-3-2-4-6-18)25(36)8-7-24-34-10-12-38-24/h2-8,10,12-15,17,22-23H,9,11,16H2,1H3/b8-7+/t17-,22+,23+/m1/s1. The van der Waals surface area contributed by atoms with Crippen molar-refractivity contribution < 1.29 is 35.9 Å². The highest BCUT2D eigenvalue weighted by atomic mass is 32.1. The van der Waals surface area contributed by atoms with E-state index in [0.29, 0.717) is 30.1 Å². The van der Waals surface area contributed by atoms with E-state index in [-0.39, 0.29) is 30.0 Å². The van der Waals surface area contributed by atoms with Crippen LogP contribution in [0.2, 0.25) is 0 Å². The van der Waals surface area contributed by atoms with Crippen molar-refractivity contribution in [2.75, 3.05) is 13.1 Å². The smallest absolute Gasteiger partial charge is 0.370 e. The molecule has 0 N–H and O–H groups in total. The van der Waals surface area contributed by atoms with Crippen molar-refractivity contribution >= 4 is 23.3 Å². The highest BCUT2D eigenvalue weighted by molar-refractivity contribution is 7.10. The minimum atomic E-state index is -4.94. The summed E-state index contributed by atoms with van der Waals surface area (Å²) in [7, 11) is 0. The number of piperidine rings is 1. The Balaban J connectivity index is 1.57. The number of thiazole rings is 1. The molecule has 0 radical (unpaired) electrons. The molecule has 0 saturated carbocycles. The molecule has 2 heterocycles.